The molecule has 7 nitrogen and oxygen atoms in total. The lowest BCUT2D eigenvalue weighted by Crippen LogP contribution is -2.15. The molecule has 0 fully saturated rings. The fraction of sp³-hybridized carbons (Fsp3) is 0.438. The summed E-state index contributed by atoms with van der Waals surface area (Å²) in [7, 11) is 1.32. The fourth-order valence-corrected chi connectivity index (χ4v) is 2.70. The predicted octanol–water partition coefficient (Wildman–Crippen LogP) is 2.31. The molecule has 1 N–H and O–H groups in total. The maximum Gasteiger partial charge on any atom is 0.327 e. The van der Waals surface area contributed by atoms with Crippen LogP contribution in [-0.2, 0) is 16.1 Å². The van der Waals surface area contributed by atoms with Gasteiger partial charge in [0.25, 0.3) is 5.91 Å². The van der Waals surface area contributed by atoms with Crippen molar-refractivity contribution in [1.82, 2.24) is 14.3 Å². The molecule has 0 aliphatic carbocycles. The Bertz CT molecular complexity index is 728. The van der Waals surface area contributed by atoms with Crippen molar-refractivity contribution >= 4 is 17.7 Å². The van der Waals surface area contributed by atoms with Crippen LogP contribution in [0.2, 0.25) is 0 Å². The molecule has 0 atom stereocenters. The van der Waals surface area contributed by atoms with E-state index in [1.54, 1.807) is 12.3 Å². The van der Waals surface area contributed by atoms with Crippen molar-refractivity contribution in [3.8, 4) is 0 Å². The number of carbonyl (C=O) groups is 2. The van der Waals surface area contributed by atoms with Crippen LogP contribution in [0.15, 0.2) is 18.3 Å². The third-order valence-electron chi connectivity index (χ3n) is 3.65. The van der Waals surface area contributed by atoms with Crippen LogP contribution in [0, 0.1) is 13.8 Å². The number of hydrogen-bond donors (Lipinski definition) is 1. The Morgan fingerprint density at radius 2 is 2.04 bits per heavy atom. The zero-order valence-corrected chi connectivity index (χ0v) is 14.1. The van der Waals surface area contributed by atoms with Crippen LogP contribution in [0.3, 0.4) is 0 Å². The van der Waals surface area contributed by atoms with Crippen LogP contribution in [0.4, 0.5) is 5.82 Å². The average molecular weight is 318 g/mol. The van der Waals surface area contributed by atoms with Crippen LogP contribution in [-0.4, -0.2) is 33.3 Å². The standard InChI is InChI=1S/C16H22N4O3/c1-10(2)20-11(3)8-13(12(20)4)16(22)17-14-6-7-19(18-14)9-15(21)23-5/h6-8,10H,9H2,1-5H3,(H,17,18,22). The number of anilines is 1. The largest absolute Gasteiger partial charge is 0.468 e. The van der Waals surface area contributed by atoms with E-state index < -0.39 is 5.97 Å². The number of nitrogens with one attached hydrogen (secondary N) is 1. The van der Waals surface area contributed by atoms with Crippen LogP contribution < -0.4 is 5.32 Å². The van der Waals surface area contributed by atoms with Gasteiger partial charge in [-0.2, -0.15) is 5.10 Å². The Morgan fingerprint density at radius 3 is 2.61 bits per heavy atom. The van der Waals surface area contributed by atoms with Crippen molar-refractivity contribution in [2.45, 2.75) is 40.3 Å². The van der Waals surface area contributed by atoms with Crippen LogP contribution in [0.5, 0.6) is 0 Å². The molecule has 2 aromatic rings. The molecular weight excluding hydrogens is 296 g/mol. The second-order valence-corrected chi connectivity index (χ2v) is 5.68. The highest BCUT2D eigenvalue weighted by Crippen LogP contribution is 2.21. The summed E-state index contributed by atoms with van der Waals surface area (Å²) >= 11 is 0. The number of aromatic nitrogens is 3. The van der Waals surface area contributed by atoms with Crippen LogP contribution >= 0.6 is 0 Å². The number of carbonyl (C=O) groups excluding carboxylic acids is 2. The number of ether oxygens (including phenoxy) is 1. The Hall–Kier alpha value is -2.57. The van der Waals surface area contributed by atoms with E-state index in [0.717, 1.165) is 11.4 Å². The lowest BCUT2D eigenvalue weighted by molar-refractivity contribution is -0.141. The third-order valence-corrected chi connectivity index (χ3v) is 3.65. The number of aryl methyl sites for hydroxylation is 1. The third kappa shape index (κ3) is 3.61. The molecule has 0 saturated carbocycles. The summed E-state index contributed by atoms with van der Waals surface area (Å²) in [5, 5.41) is 6.89. The van der Waals surface area contributed by atoms with Crippen molar-refractivity contribution in [1.29, 1.82) is 0 Å². The minimum Gasteiger partial charge on any atom is -0.468 e. The zero-order valence-electron chi connectivity index (χ0n) is 14.1. The van der Waals surface area contributed by atoms with E-state index in [1.165, 1.54) is 11.8 Å². The first-order valence-electron chi connectivity index (χ1n) is 7.43. The Labute approximate surface area is 135 Å². The van der Waals surface area contributed by atoms with E-state index in [1.807, 2.05) is 19.9 Å². The summed E-state index contributed by atoms with van der Waals surface area (Å²) in [6.07, 6.45) is 1.62. The van der Waals surface area contributed by atoms with Gasteiger partial charge < -0.3 is 14.6 Å². The highest BCUT2D eigenvalue weighted by molar-refractivity contribution is 6.04. The van der Waals surface area contributed by atoms with Crippen molar-refractivity contribution in [3.05, 3.63) is 35.3 Å². The number of nitrogens with zero attached hydrogens (tertiary/aromatic N) is 3. The first-order chi connectivity index (χ1) is 10.8. The highest BCUT2D eigenvalue weighted by atomic mass is 16.5. The van der Waals surface area contributed by atoms with Gasteiger partial charge in [0.05, 0.1) is 12.7 Å². The Kier molecular flexibility index (Phi) is 4.88. The molecule has 2 rings (SSSR count). The Balaban J connectivity index is 2.14. The molecule has 0 bridgehead atoms. The normalized spacial score (nSPS) is 10.9. The molecule has 0 radical (unpaired) electrons. The van der Waals surface area contributed by atoms with Gasteiger partial charge in [-0.1, -0.05) is 0 Å². The van der Waals surface area contributed by atoms with Gasteiger partial charge in [-0.3, -0.25) is 14.3 Å². The summed E-state index contributed by atoms with van der Waals surface area (Å²) in [5.74, 6) is -0.215. The number of amides is 1. The smallest absolute Gasteiger partial charge is 0.327 e. The van der Waals surface area contributed by atoms with E-state index >= 15 is 0 Å². The van der Waals surface area contributed by atoms with E-state index in [9.17, 15) is 9.59 Å². The maximum atomic E-state index is 12.4. The van der Waals surface area contributed by atoms with Crippen LogP contribution in [0.1, 0.15) is 41.6 Å². The zero-order chi connectivity index (χ0) is 17.1. The first-order valence-corrected chi connectivity index (χ1v) is 7.43. The van der Waals surface area contributed by atoms with E-state index in [4.69, 9.17) is 0 Å². The van der Waals surface area contributed by atoms with Crippen molar-refractivity contribution in [2.75, 3.05) is 12.4 Å². The molecule has 0 saturated heterocycles. The van der Waals surface area contributed by atoms with E-state index in [-0.39, 0.29) is 18.5 Å². The second kappa shape index (κ2) is 6.68. The van der Waals surface area contributed by atoms with Gasteiger partial charge in [0.1, 0.15) is 6.54 Å². The molecule has 0 spiro atoms. The number of rotatable bonds is 5. The molecule has 0 aliphatic rings. The molecule has 124 valence electrons. The first kappa shape index (κ1) is 16.8. The molecular formula is C16H22N4O3. The van der Waals surface area contributed by atoms with Crippen LogP contribution in [0.25, 0.3) is 0 Å². The fourth-order valence-electron chi connectivity index (χ4n) is 2.70. The molecule has 2 aromatic heterocycles. The predicted molar refractivity (Wildman–Crippen MR) is 86.5 cm³/mol. The minimum atomic E-state index is -0.397. The van der Waals surface area contributed by atoms with Crippen molar-refractivity contribution in [3.63, 3.8) is 0 Å². The van der Waals surface area contributed by atoms with E-state index in [2.05, 4.69) is 33.6 Å². The molecule has 0 unspecified atom stereocenters. The van der Waals surface area contributed by atoms with Gasteiger partial charge in [-0.25, -0.2) is 0 Å². The summed E-state index contributed by atoms with van der Waals surface area (Å²) in [4.78, 5) is 23.7. The maximum absolute atomic E-state index is 12.4. The number of methoxy groups -OCH3 is 1. The summed E-state index contributed by atoms with van der Waals surface area (Å²) in [5.41, 5.74) is 2.58. The topological polar surface area (TPSA) is 78.1 Å². The molecule has 7 heteroatoms. The summed E-state index contributed by atoms with van der Waals surface area (Å²) in [6, 6.07) is 3.80. The molecule has 23 heavy (non-hydrogen) atoms. The molecule has 2 heterocycles. The molecule has 1 amide bonds. The van der Waals surface area contributed by atoms with Gasteiger partial charge in [0, 0.05) is 29.7 Å². The SMILES string of the molecule is COC(=O)Cn1ccc(NC(=O)c2cc(C)n(C(C)C)c2C)n1. The highest BCUT2D eigenvalue weighted by Gasteiger charge is 2.18. The van der Waals surface area contributed by atoms with E-state index in [0.29, 0.717) is 11.4 Å². The number of hydrogen-bond acceptors (Lipinski definition) is 4. The quantitative estimate of drug-likeness (QED) is 0.858. The summed E-state index contributed by atoms with van der Waals surface area (Å²) in [6.45, 7) is 8.08. The van der Waals surface area contributed by atoms with Crippen molar-refractivity contribution < 1.29 is 14.3 Å². The van der Waals surface area contributed by atoms with Crippen molar-refractivity contribution in [2.24, 2.45) is 0 Å². The Morgan fingerprint density at radius 1 is 1.35 bits per heavy atom. The second-order valence-electron chi connectivity index (χ2n) is 5.68. The van der Waals surface area contributed by atoms with Gasteiger partial charge in [0.2, 0.25) is 0 Å². The molecule has 0 aromatic carbocycles. The van der Waals surface area contributed by atoms with Gasteiger partial charge in [-0.05, 0) is 33.8 Å². The lowest BCUT2D eigenvalue weighted by atomic mass is 10.2. The van der Waals surface area contributed by atoms with Gasteiger partial charge in [-0.15, -0.1) is 0 Å². The minimum absolute atomic E-state index is 0.00817. The number of esters is 1. The summed E-state index contributed by atoms with van der Waals surface area (Å²) < 4.78 is 8.11. The molecule has 0 aliphatic heterocycles. The lowest BCUT2D eigenvalue weighted by Gasteiger charge is -2.13. The van der Waals surface area contributed by atoms with Gasteiger partial charge in [0.15, 0.2) is 5.82 Å². The van der Waals surface area contributed by atoms with Gasteiger partial charge >= 0.3 is 5.97 Å². The average Bonchev–Trinajstić information content (AvgIpc) is 3.02. The monoisotopic (exact) mass is 318 g/mol.